The maximum absolute atomic E-state index is 12.6. The molecule has 1 heterocycles. The molecule has 0 aliphatic carbocycles. The molecular formula is C23H20F2N3O3S2+. The van der Waals surface area contributed by atoms with E-state index in [9.17, 15) is 24.0 Å². The summed E-state index contributed by atoms with van der Waals surface area (Å²) in [5, 5.41) is 25.5. The lowest BCUT2D eigenvalue weighted by molar-refractivity contribution is -0.576. The first-order valence-corrected chi connectivity index (χ1v) is 11.0. The third-order valence-electron chi connectivity index (χ3n) is 4.66. The Morgan fingerprint density at radius 3 is 2.48 bits per heavy atom. The largest absolute Gasteiger partial charge is 0.502 e. The van der Waals surface area contributed by atoms with Gasteiger partial charge in [0.05, 0.1) is 4.92 Å². The fourth-order valence-corrected chi connectivity index (χ4v) is 3.90. The van der Waals surface area contributed by atoms with Gasteiger partial charge in [0.15, 0.2) is 23.1 Å². The van der Waals surface area contributed by atoms with E-state index in [4.69, 9.17) is 12.2 Å². The Labute approximate surface area is 198 Å². The van der Waals surface area contributed by atoms with Crippen LogP contribution in [0.3, 0.4) is 0 Å². The molecule has 2 N–H and O–H groups in total. The molecule has 3 rings (SSSR count). The molecule has 0 aliphatic heterocycles. The molecule has 1 aromatic heterocycles. The van der Waals surface area contributed by atoms with E-state index in [2.05, 4.69) is 5.32 Å². The van der Waals surface area contributed by atoms with Gasteiger partial charge in [-0.15, -0.1) is 0 Å². The Morgan fingerprint density at radius 1 is 1.18 bits per heavy atom. The third-order valence-corrected chi connectivity index (χ3v) is 5.68. The molecule has 0 unspecified atom stereocenters. The van der Waals surface area contributed by atoms with Crippen LogP contribution in [0, 0.1) is 24.0 Å². The summed E-state index contributed by atoms with van der Waals surface area (Å²) in [7, 11) is 0. The van der Waals surface area contributed by atoms with Crippen LogP contribution in [0.2, 0.25) is 0 Å². The van der Waals surface area contributed by atoms with Crippen molar-refractivity contribution in [1.82, 2.24) is 0 Å². The maximum atomic E-state index is 12.6. The third kappa shape index (κ3) is 6.11. The number of nitrogens with one attached hydrogen (secondary N) is 1. The number of anilines is 1. The minimum absolute atomic E-state index is 0.126. The fourth-order valence-electron chi connectivity index (χ4n) is 3.08. The van der Waals surface area contributed by atoms with Crippen molar-refractivity contribution in [2.45, 2.75) is 24.5 Å². The van der Waals surface area contributed by atoms with Gasteiger partial charge in [-0.1, -0.05) is 36.1 Å². The number of rotatable bonds is 7. The van der Waals surface area contributed by atoms with Crippen molar-refractivity contribution in [1.29, 1.82) is 0 Å². The number of aliphatic hydroxyl groups is 1. The number of hydrogen-bond donors (Lipinski definition) is 2. The average molecular weight is 489 g/mol. The molecule has 0 aliphatic rings. The van der Waals surface area contributed by atoms with Crippen LogP contribution < -0.4 is 9.88 Å². The van der Waals surface area contributed by atoms with E-state index in [1.54, 1.807) is 54.2 Å². The second-order valence-electron chi connectivity index (χ2n) is 7.10. The van der Waals surface area contributed by atoms with Crippen LogP contribution in [0.25, 0.3) is 11.5 Å². The van der Waals surface area contributed by atoms with Crippen molar-refractivity contribution in [2.24, 2.45) is 0 Å². The summed E-state index contributed by atoms with van der Waals surface area (Å²) in [6.07, 6.45) is 3.45. The molecule has 3 aromatic rings. The Morgan fingerprint density at radius 2 is 1.88 bits per heavy atom. The quantitative estimate of drug-likeness (QED) is 0.0791. The molecule has 0 fully saturated rings. The standard InChI is InChI=1S/C23H19F2N3O3S2/c1-14-4-3-11-27(13-14)20(21(29)16-6-5-15(2)19(12-16)28(30)31)22(32)26-17-7-9-18(10-8-17)33-23(24)25/h3-13,23H,1-2H3,(H-,26,29,32)/p+1. The minimum atomic E-state index is -2.52. The highest BCUT2D eigenvalue weighted by molar-refractivity contribution is 7.99. The molecule has 2 aromatic carbocycles. The van der Waals surface area contributed by atoms with Crippen LogP contribution in [0.1, 0.15) is 16.7 Å². The number of aryl methyl sites for hydroxylation is 2. The number of thioether (sulfide) groups is 1. The van der Waals surface area contributed by atoms with Crippen molar-refractivity contribution in [3.63, 3.8) is 0 Å². The average Bonchev–Trinajstić information content (AvgIpc) is 2.75. The van der Waals surface area contributed by atoms with E-state index < -0.39 is 10.7 Å². The first-order valence-electron chi connectivity index (χ1n) is 9.69. The Balaban J connectivity index is 2.04. The van der Waals surface area contributed by atoms with Crippen molar-refractivity contribution in [3.05, 3.63) is 93.8 Å². The van der Waals surface area contributed by atoms with Crippen molar-refractivity contribution < 1.29 is 23.4 Å². The number of hydrogen-bond acceptors (Lipinski definition) is 5. The summed E-state index contributed by atoms with van der Waals surface area (Å²) in [6, 6.07) is 14.3. The van der Waals surface area contributed by atoms with Crippen LogP contribution >= 0.6 is 24.0 Å². The predicted octanol–water partition coefficient (Wildman–Crippen LogP) is 6.14. The van der Waals surface area contributed by atoms with Gasteiger partial charge in [-0.3, -0.25) is 10.1 Å². The number of nitro benzene ring substituents is 1. The van der Waals surface area contributed by atoms with Crippen LogP contribution in [0.5, 0.6) is 0 Å². The Bertz CT molecular complexity index is 1230. The van der Waals surface area contributed by atoms with E-state index in [0.717, 1.165) is 5.56 Å². The summed E-state index contributed by atoms with van der Waals surface area (Å²) in [4.78, 5) is 11.4. The van der Waals surface area contributed by atoms with Gasteiger partial charge in [0, 0.05) is 39.4 Å². The highest BCUT2D eigenvalue weighted by atomic mass is 32.2. The molecule has 0 spiro atoms. The van der Waals surface area contributed by atoms with Crippen molar-refractivity contribution in [2.75, 3.05) is 5.32 Å². The molecule has 33 heavy (non-hydrogen) atoms. The lowest BCUT2D eigenvalue weighted by atomic mass is 10.1. The molecule has 0 bridgehead atoms. The molecule has 0 radical (unpaired) electrons. The summed E-state index contributed by atoms with van der Waals surface area (Å²) < 4.78 is 26.7. The van der Waals surface area contributed by atoms with E-state index in [1.807, 2.05) is 13.0 Å². The number of thiocarbonyl (C=S) groups is 1. The van der Waals surface area contributed by atoms with E-state index >= 15 is 0 Å². The first-order chi connectivity index (χ1) is 15.7. The normalized spacial score (nSPS) is 11.8. The molecular weight excluding hydrogens is 468 g/mol. The van der Waals surface area contributed by atoms with Crippen LogP contribution in [0.15, 0.2) is 71.9 Å². The number of benzene rings is 2. The van der Waals surface area contributed by atoms with Crippen molar-refractivity contribution >= 4 is 51.8 Å². The number of aliphatic hydroxyl groups excluding tert-OH is 1. The lowest BCUT2D eigenvalue weighted by Gasteiger charge is -2.11. The predicted molar refractivity (Wildman–Crippen MR) is 129 cm³/mol. The van der Waals surface area contributed by atoms with Gasteiger partial charge in [-0.05, 0) is 44.2 Å². The summed E-state index contributed by atoms with van der Waals surface area (Å²) >= 11 is 6.00. The Kier molecular flexibility index (Phi) is 7.72. The number of aromatic nitrogens is 1. The number of halogens is 2. The summed E-state index contributed by atoms with van der Waals surface area (Å²) in [6.45, 7) is 3.48. The smallest absolute Gasteiger partial charge is 0.288 e. The zero-order chi connectivity index (χ0) is 24.1. The van der Waals surface area contributed by atoms with Gasteiger partial charge in [0.2, 0.25) is 0 Å². The minimum Gasteiger partial charge on any atom is -0.502 e. The molecule has 10 heteroatoms. The van der Waals surface area contributed by atoms with Crippen LogP contribution in [-0.2, 0) is 0 Å². The van der Waals surface area contributed by atoms with Gasteiger partial charge in [0.1, 0.15) is 0 Å². The van der Waals surface area contributed by atoms with Gasteiger partial charge in [-0.2, -0.15) is 13.3 Å². The second kappa shape index (κ2) is 10.5. The monoisotopic (exact) mass is 488 g/mol. The molecule has 0 saturated carbocycles. The van der Waals surface area contributed by atoms with Gasteiger partial charge in [-0.25, -0.2) is 0 Å². The zero-order valence-electron chi connectivity index (χ0n) is 17.7. The topological polar surface area (TPSA) is 79.3 Å². The van der Waals surface area contributed by atoms with E-state index in [0.29, 0.717) is 27.9 Å². The number of nitro groups is 1. The fraction of sp³-hybridized carbons (Fsp3) is 0.130. The zero-order valence-corrected chi connectivity index (χ0v) is 19.3. The Hall–Kier alpha value is -3.37. The van der Waals surface area contributed by atoms with E-state index in [1.165, 1.54) is 18.2 Å². The maximum Gasteiger partial charge on any atom is 0.288 e. The first kappa shape index (κ1) is 24.3. The number of pyridine rings is 1. The highest BCUT2D eigenvalue weighted by Gasteiger charge is 2.25. The molecule has 6 nitrogen and oxygen atoms in total. The van der Waals surface area contributed by atoms with Crippen LogP contribution in [0.4, 0.5) is 20.2 Å². The van der Waals surface area contributed by atoms with Gasteiger partial charge < -0.3 is 10.4 Å². The highest BCUT2D eigenvalue weighted by Crippen LogP contribution is 2.28. The summed E-state index contributed by atoms with van der Waals surface area (Å²) in [5.74, 6) is -2.77. The SMILES string of the molecule is Cc1ccc[n+](/C(C(=S)Nc2ccc(SC(F)F)cc2)=C(/O)c2ccc(C)c([N+](=O)[O-])c2)c1. The van der Waals surface area contributed by atoms with Gasteiger partial charge in [0.25, 0.3) is 17.1 Å². The van der Waals surface area contributed by atoms with Crippen molar-refractivity contribution in [3.8, 4) is 0 Å². The molecule has 0 atom stereocenters. The molecule has 0 saturated heterocycles. The summed E-state index contributed by atoms with van der Waals surface area (Å²) in [5.41, 5.74) is 2.20. The number of nitrogens with zero attached hydrogens (tertiary/aromatic N) is 2. The number of alkyl halides is 2. The van der Waals surface area contributed by atoms with E-state index in [-0.39, 0.29) is 27.7 Å². The molecule has 170 valence electrons. The molecule has 0 amide bonds. The van der Waals surface area contributed by atoms with Gasteiger partial charge >= 0.3 is 0 Å². The van der Waals surface area contributed by atoms with Crippen LogP contribution in [-0.4, -0.2) is 20.8 Å². The lowest BCUT2D eigenvalue weighted by Crippen LogP contribution is -2.38. The second-order valence-corrected chi connectivity index (χ2v) is 8.57.